The Balaban J connectivity index is 2.18. The van der Waals surface area contributed by atoms with Gasteiger partial charge >= 0.3 is 13.7 Å². The number of hydrogen-bond acceptors (Lipinski definition) is 8. The first-order valence-electron chi connectivity index (χ1n) is 7.75. The highest BCUT2D eigenvalue weighted by Crippen LogP contribution is 2.44. The highest BCUT2D eigenvalue weighted by atomic mass is 19.4. The van der Waals surface area contributed by atoms with Crippen molar-refractivity contribution >= 4 is 15.3 Å². The van der Waals surface area contributed by atoms with Crippen LogP contribution in [0.4, 0.5) is 13.2 Å². The predicted octanol–water partition coefficient (Wildman–Crippen LogP) is -3.80. The van der Waals surface area contributed by atoms with Gasteiger partial charge in [0.25, 0.3) is 0 Å². The van der Waals surface area contributed by atoms with E-state index in [4.69, 9.17) is 24.3 Å². The van der Waals surface area contributed by atoms with E-state index in [9.17, 15) is 28.5 Å². The summed E-state index contributed by atoms with van der Waals surface area (Å²) in [4.78, 5) is 0. The zero-order valence-electron chi connectivity index (χ0n) is 13.7. The van der Waals surface area contributed by atoms with Crippen LogP contribution < -0.4 is 0 Å². The van der Waals surface area contributed by atoms with Crippen LogP contribution in [0.25, 0.3) is 0 Å². The molecule has 0 spiro atoms. The first-order valence-corrected chi connectivity index (χ1v) is 7.75. The Morgan fingerprint density at radius 1 is 1.12 bits per heavy atom. The molecule has 8 nitrogen and oxygen atoms in total. The van der Waals surface area contributed by atoms with Gasteiger partial charge in [-0.25, -0.2) is 0 Å². The summed E-state index contributed by atoms with van der Waals surface area (Å²) in [7, 11) is 0.679. The zero-order valence-corrected chi connectivity index (χ0v) is 13.7. The van der Waals surface area contributed by atoms with Gasteiger partial charge in [0.2, 0.25) is 5.60 Å². The summed E-state index contributed by atoms with van der Waals surface area (Å²) in [6.07, 6.45) is -11.6. The van der Waals surface area contributed by atoms with E-state index >= 15 is 0 Å². The van der Waals surface area contributed by atoms with Crippen molar-refractivity contribution in [2.45, 2.75) is 60.7 Å². The minimum Gasteiger partial charge on any atom is -0.427 e. The van der Waals surface area contributed by atoms with E-state index in [1.54, 1.807) is 0 Å². The monoisotopic (exact) mass is 372 g/mol. The molecule has 2 heterocycles. The van der Waals surface area contributed by atoms with E-state index in [1.165, 1.54) is 14.8 Å². The van der Waals surface area contributed by atoms with Crippen molar-refractivity contribution in [2.24, 2.45) is 0 Å². The second-order valence-corrected chi connectivity index (χ2v) is 6.55. The second-order valence-electron chi connectivity index (χ2n) is 6.55. The Labute approximate surface area is 143 Å². The smallest absolute Gasteiger partial charge is 0.421 e. The molecule has 0 unspecified atom stereocenters. The Hall–Kier alpha value is -0.400. The lowest BCUT2D eigenvalue weighted by molar-refractivity contribution is -0.286. The fourth-order valence-corrected chi connectivity index (χ4v) is 3.20. The number of alkyl halides is 3. The molecule has 2 fully saturated rings. The number of aliphatic hydroxyl groups excluding tert-OH is 4. The van der Waals surface area contributed by atoms with Crippen molar-refractivity contribution in [1.29, 1.82) is 0 Å². The van der Waals surface area contributed by atoms with E-state index in [-0.39, 0.29) is 0 Å². The molecule has 0 aromatic carbocycles. The van der Waals surface area contributed by atoms with Crippen LogP contribution in [0.15, 0.2) is 0 Å². The van der Waals surface area contributed by atoms with Gasteiger partial charge in [-0.3, -0.25) is 0 Å². The second kappa shape index (κ2) is 6.97. The maximum absolute atomic E-state index is 13.3. The van der Waals surface area contributed by atoms with Crippen LogP contribution in [0.3, 0.4) is 0 Å². The molecule has 0 saturated carbocycles. The molecule has 2 saturated heterocycles. The minimum atomic E-state index is -5.24. The van der Waals surface area contributed by atoms with Gasteiger partial charge in [-0.1, -0.05) is 0 Å². The molecule has 5 N–H and O–H groups in total. The summed E-state index contributed by atoms with van der Waals surface area (Å²) in [6, 6.07) is -2.79. The molecule has 0 bridgehead atoms. The molecule has 0 aromatic rings. The number of halogens is 3. The van der Waals surface area contributed by atoms with Crippen LogP contribution >= 0.6 is 0 Å². The van der Waals surface area contributed by atoms with Gasteiger partial charge in [0.05, 0.1) is 24.8 Å². The molecule has 13 heteroatoms. The molecule has 8 atom stereocenters. The fraction of sp³-hybridized carbons (Fsp3) is 1.00. The quantitative estimate of drug-likeness (QED) is 0.311. The first kappa shape index (κ1) is 20.9. The normalized spacial score (nSPS) is 48.0. The van der Waals surface area contributed by atoms with Crippen LogP contribution in [-0.2, 0) is 14.1 Å². The Bertz CT molecular complexity index is 486. The maximum Gasteiger partial charge on any atom is 0.421 e. The van der Waals surface area contributed by atoms with Gasteiger partial charge < -0.3 is 39.7 Å². The van der Waals surface area contributed by atoms with Gasteiger partial charge in [0.15, 0.2) is 0 Å². The van der Waals surface area contributed by atoms with Gasteiger partial charge in [0.1, 0.15) is 38.3 Å². The van der Waals surface area contributed by atoms with Crippen LogP contribution in [0.5, 0.6) is 0 Å². The third kappa shape index (κ3) is 3.21. The molecule has 2 aliphatic heterocycles. The average Bonchev–Trinajstić information content (AvgIpc) is 2.92. The minimum absolute atomic E-state index is 0.512. The summed E-state index contributed by atoms with van der Waals surface area (Å²) in [5, 5.41) is 48.1. The van der Waals surface area contributed by atoms with Crippen LogP contribution in [0.1, 0.15) is 6.92 Å². The van der Waals surface area contributed by atoms with Crippen molar-refractivity contribution in [3.8, 4) is 0 Å². The third-order valence-corrected chi connectivity index (χ3v) is 5.12. The van der Waals surface area contributed by atoms with Crippen LogP contribution in [0, 0.1) is 0 Å². The van der Waals surface area contributed by atoms with E-state index in [0.717, 1.165) is 0 Å². The lowest BCUT2D eigenvalue weighted by Crippen LogP contribution is -2.62. The largest absolute Gasteiger partial charge is 0.427 e. The van der Waals surface area contributed by atoms with Crippen molar-refractivity contribution in [3.05, 3.63) is 0 Å². The van der Waals surface area contributed by atoms with E-state index in [0.29, 0.717) is 0 Å². The fourth-order valence-electron chi connectivity index (χ4n) is 3.20. The zero-order chi connectivity index (χ0) is 19.2. The average molecular weight is 372 g/mol. The van der Waals surface area contributed by atoms with Crippen LogP contribution in [0.2, 0.25) is 0 Å². The highest BCUT2D eigenvalue weighted by Gasteiger charge is 2.70. The standard InChI is InChI=1S/C12H21B2F3O8/c1-10(6(20)4(2-18)23-8(10)13)25-14-9-11(22,12(15,16)17)7(21)5(3-19)24-9/h4-9,14,18-22H,2-3,13H2,1H3/t4-,5-,6-,7-,8-,9-,10-,11-/m1/s1. The summed E-state index contributed by atoms with van der Waals surface area (Å²) in [5.41, 5.74) is -5.10. The lowest BCUT2D eigenvalue weighted by atomic mass is 9.73. The van der Waals surface area contributed by atoms with Gasteiger partial charge in [-0.05, 0) is 6.92 Å². The Morgan fingerprint density at radius 2 is 1.64 bits per heavy atom. The van der Waals surface area contributed by atoms with Crippen LogP contribution in [-0.4, -0.2) is 108 Å². The number of ether oxygens (including phenoxy) is 2. The molecule has 2 rings (SSSR count). The molecule has 0 radical (unpaired) electrons. The molecule has 0 aromatic heterocycles. The first-order chi connectivity index (χ1) is 11.4. The summed E-state index contributed by atoms with van der Waals surface area (Å²) < 4.78 is 55.5. The molecular weight excluding hydrogens is 351 g/mol. The van der Waals surface area contributed by atoms with Crippen molar-refractivity contribution < 1.29 is 52.8 Å². The molecule has 0 amide bonds. The third-order valence-electron chi connectivity index (χ3n) is 5.12. The SMILES string of the molecule is B[C@@H]1O[C@H](CO)[C@@H](O)[C@@]1(C)OB[C@@H]1O[C@H](CO)[C@@H](O)[C@]1(O)C(F)(F)F. The number of hydrogen-bond donors (Lipinski definition) is 5. The van der Waals surface area contributed by atoms with Gasteiger partial charge in [-0.2, -0.15) is 13.2 Å². The van der Waals surface area contributed by atoms with E-state index < -0.39 is 74.5 Å². The van der Waals surface area contributed by atoms with E-state index in [2.05, 4.69) is 0 Å². The lowest BCUT2D eigenvalue weighted by Gasteiger charge is -2.36. The topological polar surface area (TPSA) is 129 Å². The molecule has 2 aliphatic rings. The Kier molecular flexibility index (Phi) is 5.82. The molecule has 144 valence electrons. The summed E-state index contributed by atoms with van der Waals surface area (Å²) >= 11 is 0. The van der Waals surface area contributed by atoms with Crippen molar-refractivity contribution in [3.63, 3.8) is 0 Å². The molecule has 0 aliphatic carbocycles. The van der Waals surface area contributed by atoms with Gasteiger partial charge in [-0.15, -0.1) is 0 Å². The molecular formula is C12H21B2F3O8. The van der Waals surface area contributed by atoms with Crippen molar-refractivity contribution in [1.82, 2.24) is 0 Å². The maximum atomic E-state index is 13.3. The number of rotatable bonds is 5. The van der Waals surface area contributed by atoms with Gasteiger partial charge in [0, 0.05) is 0 Å². The number of aliphatic hydroxyl groups is 5. The highest BCUT2D eigenvalue weighted by molar-refractivity contribution is 6.30. The summed E-state index contributed by atoms with van der Waals surface area (Å²) in [6.45, 7) is -0.0518. The molecule has 25 heavy (non-hydrogen) atoms. The Morgan fingerprint density at radius 3 is 2.08 bits per heavy atom. The predicted molar refractivity (Wildman–Crippen MR) is 79.7 cm³/mol. The van der Waals surface area contributed by atoms with E-state index in [1.807, 2.05) is 0 Å². The summed E-state index contributed by atoms with van der Waals surface area (Å²) in [5.74, 6) is 0. The van der Waals surface area contributed by atoms with Crippen molar-refractivity contribution in [2.75, 3.05) is 13.2 Å².